The molecule has 0 spiro atoms. The first kappa shape index (κ1) is 26.6. The van der Waals surface area contributed by atoms with Crippen LogP contribution in [0, 0.1) is 0 Å². The van der Waals surface area contributed by atoms with Crippen LogP contribution in [0.1, 0.15) is 0 Å². The van der Waals surface area contributed by atoms with Crippen LogP contribution in [-0.2, 0) is 0 Å². The van der Waals surface area contributed by atoms with Crippen LogP contribution in [0.4, 0.5) is 0 Å². The molecule has 0 unspecified atom stereocenters. The number of nitrogens with zero attached hydrogens (tertiary/aromatic N) is 6. The molecule has 5 aromatic heterocycles. The fourth-order valence-electron chi connectivity index (χ4n) is 7.71. The smallest absolute Gasteiger partial charge is 0.235 e. The Morgan fingerprint density at radius 2 is 1.16 bits per heavy atom. The van der Waals surface area contributed by atoms with Gasteiger partial charge in [-0.2, -0.15) is 0 Å². The van der Waals surface area contributed by atoms with E-state index < -0.39 is 0 Å². The number of hydrogen-bond acceptors (Lipinski definition) is 5. The Morgan fingerprint density at radius 1 is 0.531 bits per heavy atom. The van der Waals surface area contributed by atoms with E-state index in [-0.39, 0.29) is 0 Å². The molecule has 0 amide bonds. The van der Waals surface area contributed by atoms with Gasteiger partial charge in [-0.15, -0.1) is 11.3 Å². The fraction of sp³-hybridized carbons (Fsp3) is 0. The van der Waals surface area contributed by atoms with Gasteiger partial charge in [-0.05, 0) is 30.3 Å². The molecule has 5 heterocycles. The van der Waals surface area contributed by atoms with Crippen LogP contribution in [0.15, 0.2) is 146 Å². The molecule has 0 saturated carbocycles. The normalized spacial score (nSPS) is 12.1. The van der Waals surface area contributed by atoms with Crippen molar-refractivity contribution in [3.8, 4) is 22.9 Å². The Bertz CT molecular complexity index is 3100. The van der Waals surface area contributed by atoms with E-state index in [0.717, 1.165) is 75.6 Å². The summed E-state index contributed by atoms with van der Waals surface area (Å²) in [5, 5.41) is 6.85. The number of hydrogen-bond donors (Lipinski definition) is 0. The van der Waals surface area contributed by atoms with Crippen molar-refractivity contribution in [2.45, 2.75) is 0 Å². The SMILES string of the molecule is c1ccc(-c2nc(-n3c4ccccc4c4c5c6ccccc6n(-c6ccccc6)c5c5c6ncncc6sc5c43)nc3ccccc23)cc1. The van der Waals surface area contributed by atoms with Gasteiger partial charge in [-0.3, -0.25) is 4.57 Å². The van der Waals surface area contributed by atoms with E-state index in [1.807, 2.05) is 18.3 Å². The summed E-state index contributed by atoms with van der Waals surface area (Å²) in [5.74, 6) is 0.639. The predicted octanol–water partition coefficient (Wildman–Crippen LogP) is 10.6. The maximum absolute atomic E-state index is 5.39. The lowest BCUT2D eigenvalue weighted by atomic mass is 10.0. The van der Waals surface area contributed by atoms with E-state index in [0.29, 0.717) is 5.95 Å². The molecule has 11 rings (SSSR count). The van der Waals surface area contributed by atoms with Gasteiger partial charge in [0.2, 0.25) is 5.95 Å². The zero-order valence-electron chi connectivity index (χ0n) is 25.9. The summed E-state index contributed by atoms with van der Waals surface area (Å²) in [7, 11) is 0. The standard InChI is InChI=1S/C42H24N6S/c1-3-13-25(14-4-1)37-27-17-7-10-20-30(27)45-42(46-37)48-32-22-12-9-19-29(32)35-34-28-18-8-11-21-31(28)47(26-15-5-2-6-16-26)39(34)36-38-33(23-43-24-44-38)49-41(36)40(35)48/h1-24H. The van der Waals surface area contributed by atoms with Crippen molar-refractivity contribution in [2.75, 3.05) is 0 Å². The van der Waals surface area contributed by atoms with Crippen LogP contribution in [0.2, 0.25) is 0 Å². The average molecular weight is 645 g/mol. The summed E-state index contributed by atoms with van der Waals surface area (Å²) in [6.45, 7) is 0. The predicted molar refractivity (Wildman–Crippen MR) is 202 cm³/mol. The zero-order valence-corrected chi connectivity index (χ0v) is 26.8. The number of aromatic nitrogens is 6. The van der Waals surface area contributed by atoms with Gasteiger partial charge in [0.05, 0.1) is 48.2 Å². The van der Waals surface area contributed by atoms with Crippen molar-refractivity contribution in [1.29, 1.82) is 0 Å². The van der Waals surface area contributed by atoms with Crippen LogP contribution in [-0.4, -0.2) is 29.1 Å². The molecule has 49 heavy (non-hydrogen) atoms. The minimum atomic E-state index is 0.639. The highest BCUT2D eigenvalue weighted by Gasteiger charge is 2.28. The second-order valence-electron chi connectivity index (χ2n) is 12.3. The van der Waals surface area contributed by atoms with E-state index in [1.165, 1.54) is 16.2 Å². The molecular formula is C42H24N6S. The third kappa shape index (κ3) is 3.65. The van der Waals surface area contributed by atoms with Crippen molar-refractivity contribution in [3.63, 3.8) is 0 Å². The quantitative estimate of drug-likeness (QED) is 0.192. The van der Waals surface area contributed by atoms with E-state index in [9.17, 15) is 0 Å². The average Bonchev–Trinajstić information content (AvgIpc) is 3.83. The summed E-state index contributed by atoms with van der Waals surface area (Å²) in [6, 6.07) is 46.7. The highest BCUT2D eigenvalue weighted by Crippen LogP contribution is 2.50. The van der Waals surface area contributed by atoms with Crippen molar-refractivity contribution in [2.24, 2.45) is 0 Å². The summed E-state index contributed by atoms with van der Waals surface area (Å²) in [5.41, 5.74) is 9.35. The fourth-order valence-corrected chi connectivity index (χ4v) is 8.88. The third-order valence-electron chi connectivity index (χ3n) is 9.66. The largest absolute Gasteiger partial charge is 0.308 e. The first-order valence-electron chi connectivity index (χ1n) is 16.2. The Kier molecular flexibility index (Phi) is 5.45. The lowest BCUT2D eigenvalue weighted by Crippen LogP contribution is -2.03. The minimum absolute atomic E-state index is 0.639. The van der Waals surface area contributed by atoms with Gasteiger partial charge in [0, 0.05) is 49.8 Å². The van der Waals surface area contributed by atoms with E-state index in [2.05, 4.69) is 135 Å². The molecule has 6 nitrogen and oxygen atoms in total. The maximum Gasteiger partial charge on any atom is 0.235 e. The molecule has 11 aromatic rings. The maximum atomic E-state index is 5.39. The minimum Gasteiger partial charge on any atom is -0.308 e. The van der Waals surface area contributed by atoms with Crippen LogP contribution in [0.25, 0.3) is 97.7 Å². The molecule has 0 N–H and O–H groups in total. The summed E-state index contributed by atoms with van der Waals surface area (Å²) in [6.07, 6.45) is 3.60. The second-order valence-corrected chi connectivity index (χ2v) is 13.3. The Morgan fingerprint density at radius 3 is 1.94 bits per heavy atom. The van der Waals surface area contributed by atoms with E-state index >= 15 is 0 Å². The lowest BCUT2D eigenvalue weighted by molar-refractivity contribution is 1.02. The molecule has 0 bridgehead atoms. The van der Waals surface area contributed by atoms with Gasteiger partial charge in [0.15, 0.2) is 0 Å². The summed E-state index contributed by atoms with van der Waals surface area (Å²) >= 11 is 1.73. The highest BCUT2D eigenvalue weighted by molar-refractivity contribution is 7.26. The van der Waals surface area contributed by atoms with Gasteiger partial charge in [0.25, 0.3) is 0 Å². The van der Waals surface area contributed by atoms with Crippen molar-refractivity contribution < 1.29 is 0 Å². The Labute approximate surface area is 283 Å². The molecular weight excluding hydrogens is 621 g/mol. The van der Waals surface area contributed by atoms with Gasteiger partial charge in [0.1, 0.15) is 6.33 Å². The van der Waals surface area contributed by atoms with Crippen LogP contribution in [0.5, 0.6) is 0 Å². The van der Waals surface area contributed by atoms with Crippen molar-refractivity contribution in [3.05, 3.63) is 146 Å². The molecule has 0 atom stereocenters. The Balaban J connectivity index is 1.42. The molecule has 6 aromatic carbocycles. The summed E-state index contributed by atoms with van der Waals surface area (Å²) in [4.78, 5) is 20.1. The van der Waals surface area contributed by atoms with Crippen LogP contribution >= 0.6 is 11.3 Å². The van der Waals surface area contributed by atoms with Crippen LogP contribution in [0.3, 0.4) is 0 Å². The topological polar surface area (TPSA) is 61.4 Å². The molecule has 0 aliphatic carbocycles. The monoisotopic (exact) mass is 644 g/mol. The number of rotatable bonds is 3. The van der Waals surface area contributed by atoms with E-state index in [4.69, 9.17) is 15.0 Å². The molecule has 0 saturated heterocycles. The molecule has 0 fully saturated rings. The van der Waals surface area contributed by atoms with Gasteiger partial charge in [-0.1, -0.05) is 103 Å². The Hall–Kier alpha value is -6.44. The first-order valence-corrected chi connectivity index (χ1v) is 17.1. The number of thiophene rings is 1. The number of para-hydroxylation sites is 4. The molecule has 7 heteroatoms. The first-order chi connectivity index (χ1) is 24.3. The number of fused-ring (bicyclic) bond motifs is 13. The zero-order chi connectivity index (χ0) is 32.1. The van der Waals surface area contributed by atoms with Crippen LogP contribution < -0.4 is 0 Å². The van der Waals surface area contributed by atoms with E-state index in [1.54, 1.807) is 17.7 Å². The van der Waals surface area contributed by atoms with Crippen molar-refractivity contribution in [1.82, 2.24) is 29.1 Å². The van der Waals surface area contributed by atoms with Gasteiger partial charge in [-0.25, -0.2) is 19.9 Å². The molecule has 228 valence electrons. The molecule has 0 aliphatic rings. The summed E-state index contributed by atoms with van der Waals surface area (Å²) < 4.78 is 6.86. The van der Waals surface area contributed by atoms with Gasteiger partial charge >= 0.3 is 0 Å². The lowest BCUT2D eigenvalue weighted by Gasteiger charge is -2.13. The third-order valence-corrected chi connectivity index (χ3v) is 10.8. The molecule has 0 aliphatic heterocycles. The number of benzene rings is 6. The van der Waals surface area contributed by atoms with Crippen molar-refractivity contribution >= 4 is 86.2 Å². The highest BCUT2D eigenvalue weighted by atomic mass is 32.1. The second kappa shape index (κ2) is 10.0. The molecule has 0 radical (unpaired) electrons. The van der Waals surface area contributed by atoms with Gasteiger partial charge < -0.3 is 4.57 Å².